The van der Waals surface area contributed by atoms with Gasteiger partial charge in [-0.15, -0.1) is 11.3 Å². The summed E-state index contributed by atoms with van der Waals surface area (Å²) in [6, 6.07) is 11.1. The molecular formula is C18H19N3S. The van der Waals surface area contributed by atoms with E-state index in [2.05, 4.69) is 53.0 Å². The first-order valence-electron chi connectivity index (χ1n) is 7.76. The molecule has 0 saturated carbocycles. The van der Waals surface area contributed by atoms with Gasteiger partial charge in [-0.25, -0.2) is 4.98 Å². The second-order valence-electron chi connectivity index (χ2n) is 6.18. The van der Waals surface area contributed by atoms with Crippen LogP contribution in [0.25, 0.3) is 21.3 Å². The summed E-state index contributed by atoms with van der Waals surface area (Å²) < 4.78 is 0. The highest BCUT2D eigenvalue weighted by Crippen LogP contribution is 2.37. The molecule has 0 amide bonds. The second kappa shape index (κ2) is 5.45. The Balaban J connectivity index is 1.64. The fourth-order valence-electron chi connectivity index (χ4n) is 3.01. The van der Waals surface area contributed by atoms with Gasteiger partial charge >= 0.3 is 0 Å². The van der Waals surface area contributed by atoms with Gasteiger partial charge in [0.1, 0.15) is 0 Å². The van der Waals surface area contributed by atoms with Gasteiger partial charge in [-0.05, 0) is 26.0 Å². The van der Waals surface area contributed by atoms with Crippen molar-refractivity contribution >= 4 is 22.2 Å². The van der Waals surface area contributed by atoms with E-state index in [0.717, 1.165) is 18.6 Å². The van der Waals surface area contributed by atoms with E-state index in [1.54, 1.807) is 0 Å². The molecule has 1 aliphatic rings. The lowest BCUT2D eigenvalue weighted by atomic mass is 9.99. The minimum absolute atomic E-state index is 0.606. The normalized spacial score (nSPS) is 16.3. The summed E-state index contributed by atoms with van der Waals surface area (Å²) in [5.74, 6) is 0.606. The Morgan fingerprint density at radius 1 is 1.14 bits per heavy atom. The predicted molar refractivity (Wildman–Crippen MR) is 92.3 cm³/mol. The maximum Gasteiger partial charge on any atom is 0.0987 e. The van der Waals surface area contributed by atoms with Crippen LogP contribution in [0.4, 0.5) is 0 Å². The van der Waals surface area contributed by atoms with Crippen LogP contribution >= 0.6 is 11.3 Å². The number of likely N-dealkylation sites (tertiary alicyclic amines) is 1. The van der Waals surface area contributed by atoms with Crippen LogP contribution < -0.4 is 0 Å². The highest BCUT2D eigenvalue weighted by molar-refractivity contribution is 7.15. The zero-order valence-electron chi connectivity index (χ0n) is 12.9. The molecule has 2 aromatic heterocycles. The summed E-state index contributed by atoms with van der Waals surface area (Å²) >= 11 is 1.83. The maximum atomic E-state index is 4.69. The van der Waals surface area contributed by atoms with E-state index in [0.29, 0.717) is 12.0 Å². The third-order valence-corrected chi connectivity index (χ3v) is 5.62. The third-order valence-electron chi connectivity index (χ3n) is 4.42. The Morgan fingerprint density at radius 2 is 2.00 bits per heavy atom. The van der Waals surface area contributed by atoms with Crippen LogP contribution in [-0.2, 0) is 0 Å². The van der Waals surface area contributed by atoms with Gasteiger partial charge in [0.15, 0.2) is 0 Å². The molecular weight excluding hydrogens is 290 g/mol. The lowest BCUT2D eigenvalue weighted by Gasteiger charge is -2.41. The van der Waals surface area contributed by atoms with Crippen LogP contribution in [0.2, 0.25) is 0 Å². The van der Waals surface area contributed by atoms with Crippen LogP contribution in [0.5, 0.6) is 0 Å². The summed E-state index contributed by atoms with van der Waals surface area (Å²) in [6.07, 6.45) is 3.87. The Hall–Kier alpha value is -1.78. The molecule has 112 valence electrons. The number of nitrogens with zero attached hydrogens (tertiary/aromatic N) is 3. The van der Waals surface area contributed by atoms with E-state index in [1.807, 2.05) is 29.8 Å². The highest BCUT2D eigenvalue weighted by atomic mass is 32.1. The summed E-state index contributed by atoms with van der Waals surface area (Å²) in [5.41, 5.74) is 2.29. The zero-order chi connectivity index (χ0) is 15.1. The topological polar surface area (TPSA) is 29.0 Å². The Labute approximate surface area is 134 Å². The molecule has 1 fully saturated rings. The smallest absolute Gasteiger partial charge is 0.0987 e. The van der Waals surface area contributed by atoms with E-state index in [4.69, 9.17) is 0 Å². The number of benzene rings is 1. The molecule has 0 unspecified atom stereocenters. The van der Waals surface area contributed by atoms with Crippen molar-refractivity contribution in [3.8, 4) is 10.4 Å². The molecule has 3 aromatic rings. The molecule has 0 spiro atoms. The first kappa shape index (κ1) is 13.9. The van der Waals surface area contributed by atoms with Gasteiger partial charge in [0, 0.05) is 48.4 Å². The number of thiazole rings is 1. The molecule has 0 N–H and O–H groups in total. The van der Waals surface area contributed by atoms with Crippen LogP contribution in [-0.4, -0.2) is 34.0 Å². The average molecular weight is 309 g/mol. The molecule has 3 heterocycles. The Bertz CT molecular complexity index is 797. The van der Waals surface area contributed by atoms with Crippen molar-refractivity contribution in [2.24, 2.45) is 0 Å². The first-order chi connectivity index (χ1) is 10.7. The number of hydrogen-bond donors (Lipinski definition) is 0. The molecule has 4 rings (SSSR count). The van der Waals surface area contributed by atoms with Crippen LogP contribution in [0.1, 0.15) is 24.8 Å². The molecule has 1 aromatic carbocycles. The summed E-state index contributed by atoms with van der Waals surface area (Å²) in [5, 5.41) is 2.48. The van der Waals surface area contributed by atoms with E-state index in [1.165, 1.54) is 20.8 Å². The Morgan fingerprint density at radius 3 is 2.82 bits per heavy atom. The standard InChI is InChI=1S/C18H19N3S/c1-12(2)21-10-13(11-21)18-20-9-17(22-18)15-5-3-7-16-14(15)6-4-8-19-16/h3-9,12-13H,10-11H2,1-2H3. The average Bonchev–Trinajstić information content (AvgIpc) is 2.94. The van der Waals surface area contributed by atoms with Gasteiger partial charge in [-0.2, -0.15) is 0 Å². The number of rotatable bonds is 3. The molecule has 0 radical (unpaired) electrons. The predicted octanol–water partition coefficient (Wildman–Crippen LogP) is 4.17. The van der Waals surface area contributed by atoms with Gasteiger partial charge in [0.25, 0.3) is 0 Å². The molecule has 1 saturated heterocycles. The van der Waals surface area contributed by atoms with Crippen molar-refractivity contribution < 1.29 is 0 Å². The molecule has 0 aliphatic carbocycles. The summed E-state index contributed by atoms with van der Waals surface area (Å²) in [4.78, 5) is 12.9. The fourth-order valence-corrected chi connectivity index (χ4v) is 4.05. The lowest BCUT2D eigenvalue weighted by molar-refractivity contribution is 0.110. The minimum atomic E-state index is 0.606. The van der Waals surface area contributed by atoms with Crippen molar-refractivity contribution in [1.29, 1.82) is 0 Å². The van der Waals surface area contributed by atoms with Crippen LogP contribution in [0.15, 0.2) is 42.7 Å². The third kappa shape index (κ3) is 2.32. The fraction of sp³-hybridized carbons (Fsp3) is 0.333. The van der Waals surface area contributed by atoms with Crippen molar-refractivity contribution in [1.82, 2.24) is 14.9 Å². The quantitative estimate of drug-likeness (QED) is 0.727. The van der Waals surface area contributed by atoms with Crippen molar-refractivity contribution in [3.05, 3.63) is 47.7 Å². The summed E-state index contributed by atoms with van der Waals surface area (Å²) in [7, 11) is 0. The van der Waals surface area contributed by atoms with E-state index < -0.39 is 0 Å². The second-order valence-corrected chi connectivity index (χ2v) is 7.25. The number of aromatic nitrogens is 2. The highest BCUT2D eigenvalue weighted by Gasteiger charge is 2.31. The van der Waals surface area contributed by atoms with Crippen LogP contribution in [0, 0.1) is 0 Å². The summed E-state index contributed by atoms with van der Waals surface area (Å²) in [6.45, 7) is 6.79. The molecule has 0 bridgehead atoms. The van der Waals surface area contributed by atoms with Gasteiger partial charge in [-0.3, -0.25) is 9.88 Å². The molecule has 4 heteroatoms. The van der Waals surface area contributed by atoms with E-state index in [9.17, 15) is 0 Å². The Kier molecular flexibility index (Phi) is 3.43. The largest absolute Gasteiger partial charge is 0.299 e. The van der Waals surface area contributed by atoms with Gasteiger partial charge in [-0.1, -0.05) is 18.2 Å². The first-order valence-corrected chi connectivity index (χ1v) is 8.58. The lowest BCUT2D eigenvalue weighted by Crippen LogP contribution is -2.48. The molecule has 0 atom stereocenters. The molecule has 1 aliphatic heterocycles. The maximum absolute atomic E-state index is 4.69. The SMILES string of the molecule is CC(C)N1CC(c2ncc(-c3cccc4ncccc34)s2)C1. The van der Waals surface area contributed by atoms with Crippen molar-refractivity contribution in [2.45, 2.75) is 25.8 Å². The van der Waals surface area contributed by atoms with Gasteiger partial charge in [0.2, 0.25) is 0 Å². The number of pyridine rings is 1. The van der Waals surface area contributed by atoms with Gasteiger partial charge in [0.05, 0.1) is 15.4 Å². The monoisotopic (exact) mass is 309 g/mol. The van der Waals surface area contributed by atoms with Gasteiger partial charge < -0.3 is 0 Å². The van der Waals surface area contributed by atoms with E-state index in [-0.39, 0.29) is 0 Å². The van der Waals surface area contributed by atoms with Crippen molar-refractivity contribution in [3.63, 3.8) is 0 Å². The zero-order valence-corrected chi connectivity index (χ0v) is 13.7. The number of hydrogen-bond acceptors (Lipinski definition) is 4. The van der Waals surface area contributed by atoms with Crippen LogP contribution in [0.3, 0.4) is 0 Å². The minimum Gasteiger partial charge on any atom is -0.299 e. The molecule has 3 nitrogen and oxygen atoms in total. The molecule has 22 heavy (non-hydrogen) atoms. The van der Waals surface area contributed by atoms with E-state index >= 15 is 0 Å². The van der Waals surface area contributed by atoms with Crippen molar-refractivity contribution in [2.75, 3.05) is 13.1 Å². The number of fused-ring (bicyclic) bond motifs is 1.